The summed E-state index contributed by atoms with van der Waals surface area (Å²) >= 11 is 5.93. The molecule has 0 spiro atoms. The second kappa shape index (κ2) is 8.72. The number of nitrogens with zero attached hydrogens (tertiary/aromatic N) is 3. The number of fused-ring (bicyclic) bond motifs is 3. The molecule has 0 aliphatic rings. The van der Waals surface area contributed by atoms with Gasteiger partial charge in [0, 0.05) is 39.7 Å². The van der Waals surface area contributed by atoms with E-state index in [4.69, 9.17) is 16.6 Å². The standard InChI is InChI=1S/C27H21ClN4O2/c1-15-12-19(16(2)30-22-8-9-23(28)31-26(22)27(33)34)25-20(13-15)21-14-29-11-10-18(21)24(32-25)17-6-4-3-5-7-17/h3-14,16,30H,1-2H3,(H,33,34)/t16-/m1/s1. The van der Waals surface area contributed by atoms with Gasteiger partial charge in [-0.2, -0.15) is 0 Å². The first-order valence-electron chi connectivity index (χ1n) is 10.8. The number of hydrogen-bond acceptors (Lipinski definition) is 5. The van der Waals surface area contributed by atoms with Gasteiger partial charge in [0.25, 0.3) is 0 Å². The maximum absolute atomic E-state index is 11.7. The lowest BCUT2D eigenvalue weighted by Gasteiger charge is -2.20. The minimum atomic E-state index is -1.15. The summed E-state index contributed by atoms with van der Waals surface area (Å²) in [7, 11) is 0. The molecule has 2 N–H and O–H groups in total. The quantitative estimate of drug-likeness (QED) is 0.221. The van der Waals surface area contributed by atoms with Crippen molar-refractivity contribution >= 4 is 44.9 Å². The predicted molar refractivity (Wildman–Crippen MR) is 135 cm³/mol. The van der Waals surface area contributed by atoms with Crippen LogP contribution in [0.15, 0.2) is 73.1 Å². The maximum atomic E-state index is 11.7. The molecule has 1 atom stereocenters. The van der Waals surface area contributed by atoms with Crippen molar-refractivity contribution in [3.05, 3.63) is 95.0 Å². The third-order valence-corrected chi connectivity index (χ3v) is 6.03. The van der Waals surface area contributed by atoms with Crippen LogP contribution in [-0.2, 0) is 0 Å². The summed E-state index contributed by atoms with van der Waals surface area (Å²) in [6, 6.07) is 19.2. The number of pyridine rings is 3. The molecule has 0 aliphatic carbocycles. The molecule has 0 bridgehead atoms. The van der Waals surface area contributed by atoms with Gasteiger partial charge in [-0.05, 0) is 38.1 Å². The molecular formula is C27H21ClN4O2. The molecule has 0 saturated carbocycles. The van der Waals surface area contributed by atoms with Crippen LogP contribution >= 0.6 is 11.6 Å². The number of halogens is 1. The average molecular weight is 469 g/mol. The van der Waals surface area contributed by atoms with Gasteiger partial charge in [-0.15, -0.1) is 0 Å². The van der Waals surface area contributed by atoms with E-state index in [9.17, 15) is 9.90 Å². The summed E-state index contributed by atoms with van der Waals surface area (Å²) < 4.78 is 0. The molecule has 0 radical (unpaired) electrons. The number of aromatic nitrogens is 3. The van der Waals surface area contributed by atoms with Crippen LogP contribution in [0.1, 0.15) is 34.6 Å². The molecule has 168 valence electrons. The highest BCUT2D eigenvalue weighted by Gasteiger charge is 2.19. The van der Waals surface area contributed by atoms with Gasteiger partial charge in [0.05, 0.1) is 22.9 Å². The van der Waals surface area contributed by atoms with Crippen LogP contribution in [0.4, 0.5) is 5.69 Å². The molecule has 0 unspecified atom stereocenters. The number of rotatable bonds is 5. The Bertz CT molecular complexity index is 1550. The third-order valence-electron chi connectivity index (χ3n) is 5.82. The highest BCUT2D eigenvalue weighted by Crippen LogP contribution is 2.36. The van der Waals surface area contributed by atoms with Crippen LogP contribution < -0.4 is 5.32 Å². The van der Waals surface area contributed by atoms with Gasteiger partial charge in [-0.1, -0.05) is 53.6 Å². The highest BCUT2D eigenvalue weighted by molar-refractivity contribution is 6.29. The van der Waals surface area contributed by atoms with Crippen molar-refractivity contribution in [3.8, 4) is 11.3 Å². The van der Waals surface area contributed by atoms with Crippen molar-refractivity contribution < 1.29 is 9.90 Å². The molecule has 5 rings (SSSR count). The van der Waals surface area contributed by atoms with Gasteiger partial charge in [0.1, 0.15) is 5.15 Å². The molecule has 2 aromatic carbocycles. The normalized spacial score (nSPS) is 12.1. The van der Waals surface area contributed by atoms with E-state index in [0.29, 0.717) is 5.69 Å². The van der Waals surface area contributed by atoms with Crippen molar-refractivity contribution in [2.45, 2.75) is 19.9 Å². The van der Waals surface area contributed by atoms with Crippen molar-refractivity contribution in [1.29, 1.82) is 0 Å². The van der Waals surface area contributed by atoms with Crippen molar-refractivity contribution in [1.82, 2.24) is 15.0 Å². The van der Waals surface area contributed by atoms with Crippen LogP contribution in [0.25, 0.3) is 32.9 Å². The zero-order valence-electron chi connectivity index (χ0n) is 18.6. The summed E-state index contributed by atoms with van der Waals surface area (Å²) in [6.45, 7) is 4.02. The number of nitrogens with one attached hydrogen (secondary N) is 1. The molecule has 5 aromatic rings. The van der Waals surface area contributed by atoms with Gasteiger partial charge in [-0.3, -0.25) is 4.98 Å². The first kappa shape index (κ1) is 21.8. The van der Waals surface area contributed by atoms with Crippen LogP contribution in [-0.4, -0.2) is 26.0 Å². The molecular weight excluding hydrogens is 448 g/mol. The number of carbonyl (C=O) groups is 1. The zero-order valence-corrected chi connectivity index (χ0v) is 19.3. The molecule has 0 amide bonds. The lowest BCUT2D eigenvalue weighted by molar-refractivity contribution is 0.0691. The molecule has 0 saturated heterocycles. The molecule has 6 nitrogen and oxygen atoms in total. The average Bonchev–Trinajstić information content (AvgIpc) is 2.84. The van der Waals surface area contributed by atoms with Gasteiger partial charge < -0.3 is 10.4 Å². The monoisotopic (exact) mass is 468 g/mol. The lowest BCUT2D eigenvalue weighted by Crippen LogP contribution is -2.13. The Labute approximate surface area is 201 Å². The third kappa shape index (κ3) is 3.93. The number of benzene rings is 2. The number of carboxylic acid groups (broad SMARTS) is 1. The van der Waals surface area contributed by atoms with E-state index in [0.717, 1.165) is 44.1 Å². The Kier molecular flexibility index (Phi) is 5.59. The van der Waals surface area contributed by atoms with Crippen LogP contribution in [0.3, 0.4) is 0 Å². The first-order valence-corrected chi connectivity index (χ1v) is 11.2. The Hall–Kier alpha value is -4.03. The van der Waals surface area contributed by atoms with Crippen LogP contribution in [0.2, 0.25) is 5.15 Å². The van der Waals surface area contributed by atoms with E-state index < -0.39 is 5.97 Å². The lowest BCUT2D eigenvalue weighted by atomic mass is 9.95. The van der Waals surface area contributed by atoms with Crippen molar-refractivity contribution in [3.63, 3.8) is 0 Å². The molecule has 34 heavy (non-hydrogen) atoms. The van der Waals surface area contributed by atoms with Crippen molar-refractivity contribution in [2.24, 2.45) is 0 Å². The van der Waals surface area contributed by atoms with E-state index in [1.165, 1.54) is 0 Å². The van der Waals surface area contributed by atoms with Crippen LogP contribution in [0.5, 0.6) is 0 Å². The largest absolute Gasteiger partial charge is 0.476 e. The second-order valence-electron chi connectivity index (χ2n) is 8.20. The van der Waals surface area contributed by atoms with Gasteiger partial charge in [-0.25, -0.2) is 14.8 Å². The number of aryl methyl sites for hydroxylation is 1. The topological polar surface area (TPSA) is 88.0 Å². The van der Waals surface area contributed by atoms with Crippen LogP contribution in [0, 0.1) is 6.92 Å². The first-order chi connectivity index (χ1) is 16.4. The fourth-order valence-corrected chi connectivity index (χ4v) is 4.44. The number of carboxylic acids is 1. The summed E-state index contributed by atoms with van der Waals surface area (Å²) in [5.41, 5.74) is 5.02. The minimum absolute atomic E-state index is 0.121. The Morgan fingerprint density at radius 3 is 2.56 bits per heavy atom. The van der Waals surface area contributed by atoms with E-state index in [1.54, 1.807) is 18.3 Å². The Balaban J connectivity index is 1.72. The van der Waals surface area contributed by atoms with Gasteiger partial charge >= 0.3 is 5.97 Å². The molecule has 0 fully saturated rings. The van der Waals surface area contributed by atoms with Gasteiger partial charge in [0.2, 0.25) is 0 Å². The molecule has 3 heterocycles. The Morgan fingerprint density at radius 2 is 1.79 bits per heavy atom. The SMILES string of the molecule is Cc1cc([C@@H](C)Nc2ccc(Cl)nc2C(=O)O)c2nc(-c3ccccc3)c3ccncc3c2c1. The summed E-state index contributed by atoms with van der Waals surface area (Å²) in [4.78, 5) is 25.2. The Morgan fingerprint density at radius 1 is 1.00 bits per heavy atom. The summed E-state index contributed by atoms with van der Waals surface area (Å²) in [6.07, 6.45) is 3.66. The number of hydrogen-bond donors (Lipinski definition) is 2. The second-order valence-corrected chi connectivity index (χ2v) is 8.59. The van der Waals surface area contributed by atoms with Crippen molar-refractivity contribution in [2.75, 3.05) is 5.32 Å². The van der Waals surface area contributed by atoms with E-state index >= 15 is 0 Å². The van der Waals surface area contributed by atoms with E-state index in [2.05, 4.69) is 27.4 Å². The summed E-state index contributed by atoms with van der Waals surface area (Å²) in [5, 5.41) is 16.1. The summed E-state index contributed by atoms with van der Waals surface area (Å²) in [5.74, 6) is -1.15. The number of aromatic carboxylic acids is 1. The van der Waals surface area contributed by atoms with E-state index in [-0.39, 0.29) is 16.9 Å². The van der Waals surface area contributed by atoms with Gasteiger partial charge in [0.15, 0.2) is 5.69 Å². The number of anilines is 1. The molecule has 7 heteroatoms. The maximum Gasteiger partial charge on any atom is 0.356 e. The zero-order chi connectivity index (χ0) is 23.8. The smallest absolute Gasteiger partial charge is 0.356 e. The fourth-order valence-electron chi connectivity index (χ4n) is 4.30. The van der Waals surface area contributed by atoms with E-state index in [1.807, 2.05) is 56.4 Å². The molecule has 0 aliphatic heterocycles. The highest BCUT2D eigenvalue weighted by atomic mass is 35.5. The molecule has 3 aromatic heterocycles. The predicted octanol–water partition coefficient (Wildman–Crippen LogP) is 6.68. The minimum Gasteiger partial charge on any atom is -0.476 e. The fraction of sp³-hybridized carbons (Fsp3) is 0.111.